The predicted octanol–water partition coefficient (Wildman–Crippen LogP) is 2.21. The van der Waals surface area contributed by atoms with Crippen LogP contribution >= 0.6 is 0 Å². The van der Waals surface area contributed by atoms with Crippen molar-refractivity contribution >= 4 is 5.78 Å². The average molecular weight is 478 g/mol. The number of ether oxygens (including phenoxy) is 3. The van der Waals surface area contributed by atoms with Crippen LogP contribution in [0.2, 0.25) is 0 Å². The molecule has 0 aromatic heterocycles. The van der Waals surface area contributed by atoms with Gasteiger partial charge in [-0.15, -0.1) is 0 Å². The summed E-state index contributed by atoms with van der Waals surface area (Å²) in [6.45, 7) is 5.85. The van der Waals surface area contributed by atoms with E-state index in [1.165, 1.54) is 6.42 Å². The van der Waals surface area contributed by atoms with Crippen LogP contribution in [0.4, 0.5) is 0 Å². The van der Waals surface area contributed by atoms with Crippen molar-refractivity contribution < 1.29 is 24.1 Å². The zero-order chi connectivity index (χ0) is 24.2. The highest BCUT2D eigenvalue weighted by molar-refractivity contribution is 5.98. The van der Waals surface area contributed by atoms with Gasteiger partial charge in [0.05, 0.1) is 18.2 Å². The Hall–Kier alpha value is -3.12. The number of likely N-dealkylation sites (tertiary alicyclic amines) is 2. The molecule has 2 saturated heterocycles. The summed E-state index contributed by atoms with van der Waals surface area (Å²) < 4.78 is 16.9. The second-order valence-corrected chi connectivity index (χ2v) is 9.76. The van der Waals surface area contributed by atoms with E-state index >= 15 is 0 Å². The molecule has 35 heavy (non-hydrogen) atoms. The van der Waals surface area contributed by atoms with Crippen molar-refractivity contribution in [2.45, 2.75) is 12.5 Å². The minimum Gasteiger partial charge on any atom is -0.491 e. The van der Waals surface area contributed by atoms with Crippen LogP contribution in [0.3, 0.4) is 0 Å². The molecule has 0 saturated carbocycles. The molecule has 0 spiro atoms. The molecule has 3 aliphatic rings. The number of carbonyl (C=O) groups is 1. The topological polar surface area (TPSA) is 95.3 Å². The summed E-state index contributed by atoms with van der Waals surface area (Å²) in [5, 5.41) is 19.4. The molecule has 0 amide bonds. The molecule has 5 rings (SSSR count). The molecule has 0 aliphatic carbocycles. The van der Waals surface area contributed by atoms with Crippen molar-refractivity contribution in [3.05, 3.63) is 53.6 Å². The van der Waals surface area contributed by atoms with Crippen molar-refractivity contribution in [1.82, 2.24) is 9.80 Å². The fourth-order valence-electron chi connectivity index (χ4n) is 5.45. The molecule has 3 unspecified atom stereocenters. The number of Topliss-reactive ketones (excluding diaryl/α,β-unsaturated/α-hetero) is 1. The Morgan fingerprint density at radius 2 is 1.71 bits per heavy atom. The molecule has 1 N–H and O–H groups in total. The zero-order valence-electron chi connectivity index (χ0n) is 19.8. The molecule has 3 heterocycles. The molecule has 8 nitrogen and oxygen atoms in total. The van der Waals surface area contributed by atoms with E-state index in [2.05, 4.69) is 15.9 Å². The molecule has 3 aliphatic heterocycles. The van der Waals surface area contributed by atoms with Crippen molar-refractivity contribution in [2.24, 2.45) is 11.8 Å². The first-order valence-corrected chi connectivity index (χ1v) is 12.2. The molecule has 3 atom stereocenters. The van der Waals surface area contributed by atoms with E-state index in [0.717, 1.165) is 26.2 Å². The molecular formula is C27H31N3O5. The van der Waals surface area contributed by atoms with E-state index in [9.17, 15) is 9.90 Å². The number of β-amino-alcohol motifs (C(OH)–C–C–N with tert-alkyl or cyclic N) is 1. The number of aliphatic hydroxyl groups excluding tert-OH is 1. The summed E-state index contributed by atoms with van der Waals surface area (Å²) >= 11 is 0. The van der Waals surface area contributed by atoms with Gasteiger partial charge in [-0.2, -0.15) is 5.26 Å². The Bertz CT molecular complexity index is 1070. The van der Waals surface area contributed by atoms with Gasteiger partial charge in [-0.25, -0.2) is 0 Å². The number of piperidine rings is 2. The monoisotopic (exact) mass is 477 g/mol. The summed E-state index contributed by atoms with van der Waals surface area (Å²) in [6.07, 6.45) is 0.584. The van der Waals surface area contributed by atoms with Crippen molar-refractivity contribution in [3.8, 4) is 23.3 Å². The van der Waals surface area contributed by atoms with Gasteiger partial charge in [-0.05, 0) is 60.7 Å². The second-order valence-electron chi connectivity index (χ2n) is 9.76. The zero-order valence-corrected chi connectivity index (χ0v) is 19.8. The SMILES string of the molecule is N#Cc1ccc(OCC(O)CN2CC3CC(CN(CC(=O)c4ccc5c(c4)OCCO5)C3)C2)cc1. The number of hydrogen-bond donors (Lipinski definition) is 1. The number of hydrogen-bond acceptors (Lipinski definition) is 8. The van der Waals surface area contributed by atoms with Crippen molar-refractivity contribution in [1.29, 1.82) is 5.26 Å². The van der Waals surface area contributed by atoms with Crippen LogP contribution in [0, 0.1) is 23.2 Å². The minimum absolute atomic E-state index is 0.106. The van der Waals surface area contributed by atoms with E-state index < -0.39 is 6.10 Å². The number of carbonyl (C=O) groups excluding carboxylic acids is 1. The number of rotatable bonds is 8. The van der Waals surface area contributed by atoms with E-state index in [0.29, 0.717) is 66.5 Å². The molecular weight excluding hydrogens is 446 g/mol. The smallest absolute Gasteiger partial charge is 0.176 e. The lowest BCUT2D eigenvalue weighted by molar-refractivity contribution is 0.00133. The van der Waals surface area contributed by atoms with Crippen LogP contribution in [0.25, 0.3) is 0 Å². The van der Waals surface area contributed by atoms with Crippen LogP contribution in [-0.2, 0) is 0 Å². The summed E-state index contributed by atoms with van der Waals surface area (Å²) in [6, 6.07) is 14.4. The van der Waals surface area contributed by atoms with E-state index in [1.807, 2.05) is 12.1 Å². The van der Waals surface area contributed by atoms with Crippen LogP contribution in [-0.4, -0.2) is 85.9 Å². The minimum atomic E-state index is -0.586. The summed E-state index contributed by atoms with van der Waals surface area (Å²) in [5.41, 5.74) is 1.25. The first kappa shape index (κ1) is 23.6. The maximum atomic E-state index is 12.9. The summed E-state index contributed by atoms with van der Waals surface area (Å²) in [4.78, 5) is 17.5. The van der Waals surface area contributed by atoms with E-state index in [1.54, 1.807) is 30.3 Å². The number of ketones is 1. The Morgan fingerprint density at radius 3 is 2.43 bits per heavy atom. The van der Waals surface area contributed by atoms with Crippen LogP contribution in [0.5, 0.6) is 17.2 Å². The highest BCUT2D eigenvalue weighted by Crippen LogP contribution is 2.32. The predicted molar refractivity (Wildman–Crippen MR) is 129 cm³/mol. The van der Waals surface area contributed by atoms with Crippen molar-refractivity contribution in [2.75, 3.05) is 59.1 Å². The quantitative estimate of drug-likeness (QED) is 0.579. The maximum Gasteiger partial charge on any atom is 0.176 e. The lowest BCUT2D eigenvalue weighted by Crippen LogP contribution is -2.54. The third-order valence-electron chi connectivity index (χ3n) is 6.86. The lowest BCUT2D eigenvalue weighted by Gasteiger charge is -2.46. The number of fused-ring (bicyclic) bond motifs is 3. The summed E-state index contributed by atoms with van der Waals surface area (Å²) in [5.74, 6) is 3.08. The fraction of sp³-hybridized carbons (Fsp3) is 0.481. The average Bonchev–Trinajstić information content (AvgIpc) is 2.87. The Morgan fingerprint density at radius 1 is 1.03 bits per heavy atom. The van der Waals surface area contributed by atoms with Crippen LogP contribution in [0.15, 0.2) is 42.5 Å². The molecule has 8 heteroatoms. The van der Waals surface area contributed by atoms with Gasteiger partial charge in [-0.3, -0.25) is 14.6 Å². The van der Waals surface area contributed by atoms with Gasteiger partial charge in [0.1, 0.15) is 31.7 Å². The maximum absolute atomic E-state index is 12.9. The van der Waals surface area contributed by atoms with Gasteiger partial charge in [-0.1, -0.05) is 0 Å². The van der Waals surface area contributed by atoms with Gasteiger partial charge >= 0.3 is 0 Å². The number of benzene rings is 2. The van der Waals surface area contributed by atoms with Gasteiger partial charge in [0.2, 0.25) is 0 Å². The van der Waals surface area contributed by atoms with Gasteiger partial charge < -0.3 is 19.3 Å². The third kappa shape index (κ3) is 5.93. The molecule has 2 aromatic rings. The van der Waals surface area contributed by atoms with Crippen LogP contribution in [0.1, 0.15) is 22.3 Å². The summed E-state index contributed by atoms with van der Waals surface area (Å²) in [7, 11) is 0. The first-order valence-electron chi connectivity index (χ1n) is 12.2. The first-order chi connectivity index (χ1) is 17.1. The highest BCUT2D eigenvalue weighted by Gasteiger charge is 2.35. The fourth-order valence-corrected chi connectivity index (χ4v) is 5.45. The van der Waals surface area contributed by atoms with Crippen LogP contribution < -0.4 is 14.2 Å². The number of aliphatic hydroxyl groups is 1. The molecule has 2 fully saturated rings. The van der Waals surface area contributed by atoms with Gasteiger partial charge in [0.25, 0.3) is 0 Å². The number of nitriles is 1. The molecule has 2 aromatic carbocycles. The molecule has 2 bridgehead atoms. The van der Waals surface area contributed by atoms with E-state index in [4.69, 9.17) is 19.5 Å². The Kier molecular flexibility index (Phi) is 7.19. The second kappa shape index (κ2) is 10.6. The van der Waals surface area contributed by atoms with Gasteiger partial charge in [0, 0.05) is 38.3 Å². The third-order valence-corrected chi connectivity index (χ3v) is 6.86. The normalized spacial score (nSPS) is 22.7. The molecule has 184 valence electrons. The van der Waals surface area contributed by atoms with E-state index in [-0.39, 0.29) is 12.4 Å². The van der Waals surface area contributed by atoms with Crippen molar-refractivity contribution in [3.63, 3.8) is 0 Å². The lowest BCUT2D eigenvalue weighted by atomic mass is 9.84. The molecule has 0 radical (unpaired) electrons. The Balaban J connectivity index is 1.09. The van der Waals surface area contributed by atoms with Gasteiger partial charge in [0.15, 0.2) is 17.3 Å². The standard InChI is InChI=1S/C27H31N3O5/c28-11-19-1-4-24(5-2-19)35-18-23(31)16-29-12-20-9-21(13-29)15-30(14-20)17-25(32)22-3-6-26-27(10-22)34-8-7-33-26/h1-6,10,20-21,23,31H,7-9,12-18H2. The number of nitrogens with zero attached hydrogens (tertiary/aromatic N) is 3. The Labute approximate surface area is 205 Å². The highest BCUT2D eigenvalue weighted by atomic mass is 16.6. The largest absolute Gasteiger partial charge is 0.491 e.